The zero-order valence-electron chi connectivity index (χ0n) is 10.4. The molecule has 19 heavy (non-hydrogen) atoms. The van der Waals surface area contributed by atoms with Crippen LogP contribution in [0.5, 0.6) is 0 Å². The highest BCUT2D eigenvalue weighted by atomic mass is 35.5. The molecule has 2 aromatic rings. The first-order valence-electron chi connectivity index (χ1n) is 6.20. The van der Waals surface area contributed by atoms with E-state index in [-0.39, 0.29) is 0 Å². The summed E-state index contributed by atoms with van der Waals surface area (Å²) >= 11 is 7.96. The van der Waals surface area contributed by atoms with E-state index in [1.54, 1.807) is 17.4 Å². The minimum absolute atomic E-state index is 0.693. The van der Waals surface area contributed by atoms with Crippen LogP contribution in [0.3, 0.4) is 0 Å². The Balaban J connectivity index is 1.87. The van der Waals surface area contributed by atoms with Crippen LogP contribution < -0.4 is 10.6 Å². The van der Waals surface area contributed by atoms with Gasteiger partial charge in [-0.25, -0.2) is 0 Å². The number of halogens is 1. The average Bonchev–Trinajstić information content (AvgIpc) is 2.89. The van der Waals surface area contributed by atoms with Crippen LogP contribution in [0.15, 0.2) is 29.6 Å². The van der Waals surface area contributed by atoms with Crippen LogP contribution in [0.25, 0.3) is 10.4 Å². The number of thiophene rings is 1. The second-order valence-corrected chi connectivity index (χ2v) is 5.83. The van der Waals surface area contributed by atoms with Gasteiger partial charge in [0.25, 0.3) is 0 Å². The fraction of sp³-hybridized carbons (Fsp3) is 0.286. The molecule has 100 valence electrons. The highest BCUT2D eigenvalue weighted by Gasteiger charge is 2.14. The molecule has 0 spiro atoms. The van der Waals surface area contributed by atoms with Gasteiger partial charge >= 0.3 is 0 Å². The summed E-state index contributed by atoms with van der Waals surface area (Å²) in [7, 11) is 0. The Morgan fingerprint density at radius 2 is 2.00 bits per heavy atom. The topological polar surface area (TPSA) is 38.5 Å². The monoisotopic (exact) mass is 294 g/mol. The van der Waals surface area contributed by atoms with Crippen LogP contribution >= 0.6 is 22.9 Å². The summed E-state index contributed by atoms with van der Waals surface area (Å²) in [5.74, 6) is 0. The molecule has 0 bridgehead atoms. The van der Waals surface area contributed by atoms with E-state index >= 15 is 0 Å². The van der Waals surface area contributed by atoms with Gasteiger partial charge in [-0.2, -0.15) is 0 Å². The van der Waals surface area contributed by atoms with E-state index in [2.05, 4.69) is 16.3 Å². The van der Waals surface area contributed by atoms with Gasteiger partial charge in [-0.05, 0) is 18.2 Å². The van der Waals surface area contributed by atoms with E-state index in [4.69, 9.17) is 22.1 Å². The Morgan fingerprint density at radius 1 is 1.21 bits per heavy atom. The Bertz CT molecular complexity index is 579. The first kappa shape index (κ1) is 12.8. The number of nitrogens with two attached hydrogens (primary N) is 1. The maximum Gasteiger partial charge on any atom is 0.0642 e. The Labute approximate surface area is 121 Å². The summed E-state index contributed by atoms with van der Waals surface area (Å²) in [5, 5.41) is 2.88. The highest BCUT2D eigenvalue weighted by molar-refractivity contribution is 7.14. The molecule has 1 aliphatic rings. The molecule has 1 aliphatic heterocycles. The van der Waals surface area contributed by atoms with E-state index in [9.17, 15) is 0 Å². The summed E-state index contributed by atoms with van der Waals surface area (Å²) in [4.78, 5) is 3.51. The minimum atomic E-state index is 0.693. The molecule has 0 amide bonds. The molecule has 0 aliphatic carbocycles. The smallest absolute Gasteiger partial charge is 0.0642 e. The van der Waals surface area contributed by atoms with Crippen LogP contribution in [-0.2, 0) is 4.74 Å². The summed E-state index contributed by atoms with van der Waals surface area (Å²) in [6.45, 7) is 3.50. The van der Waals surface area contributed by atoms with Gasteiger partial charge in [-0.1, -0.05) is 17.7 Å². The molecule has 3 nitrogen and oxygen atoms in total. The number of ether oxygens (including phenoxy) is 1. The molecule has 0 saturated carbocycles. The van der Waals surface area contributed by atoms with Crippen molar-refractivity contribution in [2.24, 2.45) is 0 Å². The van der Waals surface area contributed by atoms with E-state index in [1.165, 1.54) is 10.6 Å². The van der Waals surface area contributed by atoms with Gasteiger partial charge in [0.05, 0.1) is 18.2 Å². The molecule has 3 rings (SSSR count). The third kappa shape index (κ3) is 2.71. The van der Waals surface area contributed by atoms with Crippen molar-refractivity contribution in [3.8, 4) is 10.4 Å². The zero-order valence-corrected chi connectivity index (χ0v) is 12.0. The fourth-order valence-corrected chi connectivity index (χ4v) is 3.49. The van der Waals surface area contributed by atoms with E-state index in [0.717, 1.165) is 31.9 Å². The van der Waals surface area contributed by atoms with E-state index in [0.29, 0.717) is 10.7 Å². The van der Waals surface area contributed by atoms with Crippen molar-refractivity contribution in [1.82, 2.24) is 0 Å². The van der Waals surface area contributed by atoms with Crippen LogP contribution in [0.4, 0.5) is 11.4 Å². The molecule has 2 N–H and O–H groups in total. The van der Waals surface area contributed by atoms with Crippen molar-refractivity contribution in [3.63, 3.8) is 0 Å². The second kappa shape index (κ2) is 5.41. The standard InChI is InChI=1S/C14H15ClN2OS/c15-13-7-10(16)1-2-12(13)14-8-11(9-19-14)17-3-5-18-6-4-17/h1-2,7-9H,3-6,16H2. The largest absolute Gasteiger partial charge is 0.399 e. The average molecular weight is 295 g/mol. The van der Waals surface area contributed by atoms with Gasteiger partial charge in [-0.3, -0.25) is 0 Å². The lowest BCUT2D eigenvalue weighted by molar-refractivity contribution is 0.123. The summed E-state index contributed by atoms with van der Waals surface area (Å²) in [5.41, 5.74) is 8.71. The normalized spacial score (nSPS) is 15.7. The van der Waals surface area contributed by atoms with Crippen LogP contribution in [0.1, 0.15) is 0 Å². The molecule has 2 heterocycles. The minimum Gasteiger partial charge on any atom is -0.399 e. The Hall–Kier alpha value is -1.23. The van der Waals surface area contributed by atoms with Gasteiger partial charge in [-0.15, -0.1) is 11.3 Å². The van der Waals surface area contributed by atoms with Gasteiger partial charge < -0.3 is 15.4 Å². The second-order valence-electron chi connectivity index (χ2n) is 4.51. The fourth-order valence-electron chi connectivity index (χ4n) is 2.19. The van der Waals surface area contributed by atoms with Crippen molar-refractivity contribution in [2.75, 3.05) is 36.9 Å². The number of rotatable bonds is 2. The van der Waals surface area contributed by atoms with Crippen LogP contribution in [0, 0.1) is 0 Å². The lowest BCUT2D eigenvalue weighted by Gasteiger charge is -2.27. The Morgan fingerprint density at radius 3 is 2.74 bits per heavy atom. The SMILES string of the molecule is Nc1ccc(-c2cc(N3CCOCC3)cs2)c(Cl)c1. The van der Waals surface area contributed by atoms with Gasteiger partial charge in [0.2, 0.25) is 0 Å². The number of nitrogens with zero attached hydrogens (tertiary/aromatic N) is 1. The highest BCUT2D eigenvalue weighted by Crippen LogP contribution is 2.36. The number of benzene rings is 1. The van der Waals surface area contributed by atoms with Gasteiger partial charge in [0.1, 0.15) is 0 Å². The molecule has 1 saturated heterocycles. The molecular formula is C14H15ClN2OS. The zero-order chi connectivity index (χ0) is 13.2. The van der Waals surface area contributed by atoms with Crippen molar-refractivity contribution in [1.29, 1.82) is 0 Å². The number of nitrogen functional groups attached to an aromatic ring is 1. The molecule has 0 atom stereocenters. The number of anilines is 2. The first-order valence-corrected chi connectivity index (χ1v) is 7.46. The maximum absolute atomic E-state index is 6.25. The maximum atomic E-state index is 6.25. The van der Waals surface area contributed by atoms with E-state index in [1.807, 2.05) is 12.1 Å². The molecule has 1 aromatic heterocycles. The van der Waals surface area contributed by atoms with Crippen LogP contribution in [0.2, 0.25) is 5.02 Å². The van der Waals surface area contributed by atoms with Crippen molar-refractivity contribution in [3.05, 3.63) is 34.7 Å². The van der Waals surface area contributed by atoms with Crippen LogP contribution in [-0.4, -0.2) is 26.3 Å². The van der Waals surface area contributed by atoms with Crippen molar-refractivity contribution < 1.29 is 4.74 Å². The van der Waals surface area contributed by atoms with Gasteiger partial charge in [0, 0.05) is 40.3 Å². The lowest BCUT2D eigenvalue weighted by atomic mass is 10.1. The molecular weight excluding hydrogens is 280 g/mol. The number of hydrogen-bond donors (Lipinski definition) is 1. The van der Waals surface area contributed by atoms with Gasteiger partial charge in [0.15, 0.2) is 0 Å². The molecule has 0 radical (unpaired) electrons. The predicted octanol–water partition coefficient (Wildman–Crippen LogP) is 3.49. The Kier molecular flexibility index (Phi) is 3.64. The van der Waals surface area contributed by atoms with Crippen molar-refractivity contribution >= 4 is 34.3 Å². The summed E-state index contributed by atoms with van der Waals surface area (Å²) in [6.07, 6.45) is 0. The summed E-state index contributed by atoms with van der Waals surface area (Å²) in [6, 6.07) is 7.85. The first-order chi connectivity index (χ1) is 9.24. The van der Waals surface area contributed by atoms with Crippen molar-refractivity contribution in [2.45, 2.75) is 0 Å². The predicted molar refractivity (Wildman–Crippen MR) is 82.2 cm³/mol. The third-order valence-electron chi connectivity index (χ3n) is 3.22. The third-order valence-corrected chi connectivity index (χ3v) is 4.48. The van der Waals surface area contributed by atoms with E-state index < -0.39 is 0 Å². The molecule has 1 aromatic carbocycles. The quantitative estimate of drug-likeness (QED) is 0.862. The molecule has 5 heteroatoms. The number of hydrogen-bond acceptors (Lipinski definition) is 4. The lowest BCUT2D eigenvalue weighted by Crippen LogP contribution is -2.35. The number of morpholine rings is 1. The molecule has 1 fully saturated rings. The summed E-state index contributed by atoms with van der Waals surface area (Å²) < 4.78 is 5.37. The molecule has 0 unspecified atom stereocenters.